The first-order valence-electron chi connectivity index (χ1n) is 7.01. The van der Waals surface area contributed by atoms with Crippen LogP contribution in [-0.4, -0.2) is 9.55 Å². The Balaban J connectivity index is 1.83. The number of fused-ring (bicyclic) bond motifs is 1. The fourth-order valence-corrected chi connectivity index (χ4v) is 2.45. The average Bonchev–Trinajstić information content (AvgIpc) is 2.95. The van der Waals surface area contributed by atoms with Crippen molar-refractivity contribution in [3.8, 4) is 0 Å². The van der Waals surface area contributed by atoms with Crippen molar-refractivity contribution in [2.24, 2.45) is 5.73 Å². The maximum Gasteiger partial charge on any atom is 0.0702 e. The van der Waals surface area contributed by atoms with Crippen LogP contribution in [0, 0.1) is 0 Å². The quantitative estimate of drug-likeness (QED) is 0.784. The Hall–Kier alpha value is -2.13. The van der Waals surface area contributed by atoms with Crippen molar-refractivity contribution < 1.29 is 0 Å². The largest absolute Gasteiger partial charge is 0.350 e. The van der Waals surface area contributed by atoms with Crippen LogP contribution in [0.3, 0.4) is 0 Å². The van der Waals surface area contributed by atoms with Crippen LogP contribution in [0.5, 0.6) is 0 Å². The van der Waals surface area contributed by atoms with Gasteiger partial charge in [0.2, 0.25) is 0 Å². The molecule has 1 unspecified atom stereocenters. The van der Waals surface area contributed by atoms with Gasteiger partial charge in [-0.05, 0) is 41.8 Å². The highest BCUT2D eigenvalue weighted by Crippen LogP contribution is 2.17. The molecule has 0 aliphatic rings. The fourth-order valence-electron chi connectivity index (χ4n) is 2.45. The van der Waals surface area contributed by atoms with E-state index in [0.29, 0.717) is 0 Å². The lowest BCUT2D eigenvalue weighted by Crippen LogP contribution is -2.07. The standard InChI is InChI=1S/C17H19N3/c1-2-16(18)15-7-9-20(12-15)11-13-5-6-17-14(10-13)4-3-8-19-17/h3-10,12,16H,2,11,18H2,1H3. The molecule has 102 valence electrons. The number of pyridine rings is 1. The summed E-state index contributed by atoms with van der Waals surface area (Å²) < 4.78 is 2.18. The molecule has 0 aliphatic carbocycles. The Kier molecular flexibility index (Phi) is 3.52. The number of hydrogen-bond donors (Lipinski definition) is 1. The van der Waals surface area contributed by atoms with E-state index in [0.717, 1.165) is 18.5 Å². The molecule has 0 aliphatic heterocycles. The molecule has 0 saturated carbocycles. The molecule has 0 fully saturated rings. The first-order valence-corrected chi connectivity index (χ1v) is 7.01. The minimum atomic E-state index is 0.136. The van der Waals surface area contributed by atoms with Crippen molar-refractivity contribution in [1.82, 2.24) is 9.55 Å². The maximum atomic E-state index is 6.05. The Morgan fingerprint density at radius 1 is 1.25 bits per heavy atom. The van der Waals surface area contributed by atoms with E-state index in [4.69, 9.17) is 5.73 Å². The van der Waals surface area contributed by atoms with E-state index in [9.17, 15) is 0 Å². The molecule has 2 heterocycles. The Morgan fingerprint density at radius 3 is 3.00 bits per heavy atom. The summed E-state index contributed by atoms with van der Waals surface area (Å²) in [5, 5.41) is 1.18. The zero-order valence-electron chi connectivity index (χ0n) is 11.7. The Bertz CT molecular complexity index is 715. The van der Waals surface area contributed by atoms with Gasteiger partial charge in [0.05, 0.1) is 5.52 Å². The lowest BCUT2D eigenvalue weighted by Gasteiger charge is -2.07. The van der Waals surface area contributed by atoms with Gasteiger partial charge in [-0.3, -0.25) is 4.98 Å². The number of hydrogen-bond acceptors (Lipinski definition) is 2. The van der Waals surface area contributed by atoms with Crippen LogP contribution in [0.15, 0.2) is 55.0 Å². The second-order valence-electron chi connectivity index (χ2n) is 5.16. The predicted octanol–water partition coefficient (Wildman–Crippen LogP) is 3.49. The fraction of sp³-hybridized carbons (Fsp3) is 0.235. The van der Waals surface area contributed by atoms with E-state index >= 15 is 0 Å². The molecule has 3 aromatic rings. The molecule has 3 nitrogen and oxygen atoms in total. The van der Waals surface area contributed by atoms with Gasteiger partial charge in [0, 0.05) is 36.6 Å². The van der Waals surface area contributed by atoms with E-state index in [-0.39, 0.29) is 6.04 Å². The topological polar surface area (TPSA) is 43.8 Å². The number of benzene rings is 1. The maximum absolute atomic E-state index is 6.05. The van der Waals surface area contributed by atoms with Crippen LogP contribution in [-0.2, 0) is 6.54 Å². The third-order valence-electron chi connectivity index (χ3n) is 3.67. The second-order valence-corrected chi connectivity index (χ2v) is 5.16. The smallest absolute Gasteiger partial charge is 0.0702 e. The summed E-state index contributed by atoms with van der Waals surface area (Å²) in [6, 6.07) is 12.7. The Morgan fingerprint density at radius 2 is 2.15 bits per heavy atom. The minimum Gasteiger partial charge on any atom is -0.350 e. The zero-order valence-corrected chi connectivity index (χ0v) is 11.7. The number of nitrogens with zero attached hydrogens (tertiary/aromatic N) is 2. The molecular formula is C17H19N3. The summed E-state index contributed by atoms with van der Waals surface area (Å²) in [5.41, 5.74) is 9.57. The van der Waals surface area contributed by atoms with Crippen LogP contribution in [0.4, 0.5) is 0 Å². The molecule has 1 aromatic carbocycles. The van der Waals surface area contributed by atoms with Crippen LogP contribution in [0.2, 0.25) is 0 Å². The van der Waals surface area contributed by atoms with E-state index in [1.165, 1.54) is 16.5 Å². The third kappa shape index (κ3) is 2.58. The van der Waals surface area contributed by atoms with E-state index in [1.807, 2.05) is 12.3 Å². The van der Waals surface area contributed by atoms with Crippen LogP contribution >= 0.6 is 0 Å². The van der Waals surface area contributed by atoms with Gasteiger partial charge in [-0.1, -0.05) is 19.1 Å². The van der Waals surface area contributed by atoms with Crippen molar-refractivity contribution >= 4 is 10.9 Å². The lowest BCUT2D eigenvalue weighted by atomic mass is 10.1. The van der Waals surface area contributed by atoms with Gasteiger partial charge < -0.3 is 10.3 Å². The van der Waals surface area contributed by atoms with Gasteiger partial charge in [0.15, 0.2) is 0 Å². The molecule has 3 heteroatoms. The van der Waals surface area contributed by atoms with Gasteiger partial charge >= 0.3 is 0 Å². The third-order valence-corrected chi connectivity index (χ3v) is 3.67. The number of aromatic nitrogens is 2. The van der Waals surface area contributed by atoms with E-state index in [2.05, 4.69) is 59.2 Å². The van der Waals surface area contributed by atoms with Crippen molar-refractivity contribution in [3.63, 3.8) is 0 Å². The summed E-state index contributed by atoms with van der Waals surface area (Å²) in [5.74, 6) is 0. The molecule has 0 bridgehead atoms. The van der Waals surface area contributed by atoms with Gasteiger partial charge in [0.1, 0.15) is 0 Å². The molecule has 3 rings (SSSR count). The molecular weight excluding hydrogens is 246 g/mol. The summed E-state index contributed by atoms with van der Waals surface area (Å²) in [6.45, 7) is 2.97. The minimum absolute atomic E-state index is 0.136. The zero-order chi connectivity index (χ0) is 13.9. The highest BCUT2D eigenvalue weighted by molar-refractivity contribution is 5.78. The van der Waals surface area contributed by atoms with Crippen LogP contribution < -0.4 is 5.73 Å². The van der Waals surface area contributed by atoms with Crippen molar-refractivity contribution in [2.75, 3.05) is 0 Å². The summed E-state index contributed by atoms with van der Waals surface area (Å²) in [6.07, 6.45) is 7.03. The average molecular weight is 265 g/mol. The van der Waals surface area contributed by atoms with E-state index < -0.39 is 0 Å². The van der Waals surface area contributed by atoms with Crippen LogP contribution in [0.25, 0.3) is 10.9 Å². The van der Waals surface area contributed by atoms with E-state index in [1.54, 1.807) is 0 Å². The normalized spacial score (nSPS) is 12.7. The van der Waals surface area contributed by atoms with Gasteiger partial charge in [-0.15, -0.1) is 0 Å². The monoisotopic (exact) mass is 265 g/mol. The Labute approximate surface area is 119 Å². The molecule has 2 N–H and O–H groups in total. The SMILES string of the molecule is CCC(N)c1ccn(Cc2ccc3ncccc3c2)c1. The summed E-state index contributed by atoms with van der Waals surface area (Å²) >= 11 is 0. The molecule has 20 heavy (non-hydrogen) atoms. The highest BCUT2D eigenvalue weighted by atomic mass is 14.9. The van der Waals surface area contributed by atoms with Crippen LogP contribution in [0.1, 0.15) is 30.5 Å². The van der Waals surface area contributed by atoms with Crippen molar-refractivity contribution in [2.45, 2.75) is 25.9 Å². The molecule has 1 atom stereocenters. The van der Waals surface area contributed by atoms with Crippen molar-refractivity contribution in [1.29, 1.82) is 0 Å². The molecule has 0 radical (unpaired) electrons. The first kappa shape index (κ1) is 12.9. The van der Waals surface area contributed by atoms with Gasteiger partial charge in [0.25, 0.3) is 0 Å². The van der Waals surface area contributed by atoms with Gasteiger partial charge in [-0.25, -0.2) is 0 Å². The summed E-state index contributed by atoms with van der Waals surface area (Å²) in [4.78, 5) is 4.34. The first-order chi connectivity index (χ1) is 9.76. The van der Waals surface area contributed by atoms with Gasteiger partial charge in [-0.2, -0.15) is 0 Å². The number of rotatable bonds is 4. The molecule has 0 amide bonds. The molecule has 0 saturated heterocycles. The lowest BCUT2D eigenvalue weighted by molar-refractivity contribution is 0.693. The molecule has 0 spiro atoms. The summed E-state index contributed by atoms with van der Waals surface area (Å²) in [7, 11) is 0. The number of nitrogens with two attached hydrogens (primary N) is 1. The second kappa shape index (κ2) is 5.47. The van der Waals surface area contributed by atoms with Crippen molar-refractivity contribution in [3.05, 3.63) is 66.1 Å². The predicted molar refractivity (Wildman–Crippen MR) is 82.5 cm³/mol. The molecule has 2 aromatic heterocycles. The highest BCUT2D eigenvalue weighted by Gasteiger charge is 2.05.